The maximum absolute atomic E-state index is 15.5. The maximum atomic E-state index is 15.5. The number of rotatable bonds is 14. The van der Waals surface area contributed by atoms with Crippen molar-refractivity contribution >= 4 is 52.3 Å². The second-order valence-electron chi connectivity index (χ2n) is 9.82. The molecule has 44 heavy (non-hydrogen) atoms. The summed E-state index contributed by atoms with van der Waals surface area (Å²) >= 11 is 0. The number of halogens is 1. The summed E-state index contributed by atoms with van der Waals surface area (Å²) in [5.41, 5.74) is 11.3. The van der Waals surface area contributed by atoms with Gasteiger partial charge in [0.25, 0.3) is 11.5 Å². The number of H-pyrrole nitrogens is 1. The van der Waals surface area contributed by atoms with Crippen LogP contribution in [0.4, 0.5) is 16.0 Å². The van der Waals surface area contributed by atoms with Crippen molar-refractivity contribution in [3.63, 3.8) is 0 Å². The van der Waals surface area contributed by atoms with Crippen molar-refractivity contribution in [2.75, 3.05) is 17.2 Å². The molecule has 0 fully saturated rings. The van der Waals surface area contributed by atoms with Gasteiger partial charge in [-0.15, -0.1) is 0 Å². The second-order valence-corrected chi connectivity index (χ2v) is 9.82. The van der Waals surface area contributed by atoms with Crippen molar-refractivity contribution in [3.8, 4) is 0 Å². The third-order valence-electron chi connectivity index (χ3n) is 6.79. The number of amides is 2. The van der Waals surface area contributed by atoms with Gasteiger partial charge in [-0.25, -0.2) is 14.2 Å². The lowest BCUT2D eigenvalue weighted by atomic mass is 10.0. The normalized spacial score (nSPS) is 12.3. The van der Waals surface area contributed by atoms with Crippen LogP contribution < -0.4 is 21.9 Å². The van der Waals surface area contributed by atoms with Gasteiger partial charge in [-0.2, -0.15) is 0 Å². The van der Waals surface area contributed by atoms with E-state index < -0.39 is 84.4 Å². The number of benzene rings is 2. The number of nitrogens with one attached hydrogen (secondary N) is 1. The predicted octanol–water partition coefficient (Wildman–Crippen LogP) is 1.15. The average molecular weight is 615 g/mol. The Morgan fingerprint density at radius 3 is 2.30 bits per heavy atom. The smallest absolute Gasteiger partial charge is 0.326 e. The number of hydrogen-bond acceptors (Lipinski definition) is 10. The number of carbonyl (C=O) groups excluding carboxylic acids is 2. The van der Waals surface area contributed by atoms with Gasteiger partial charge in [-0.1, -0.05) is 6.07 Å². The fourth-order valence-corrected chi connectivity index (χ4v) is 4.49. The lowest BCUT2D eigenvalue weighted by Gasteiger charge is -2.28. The summed E-state index contributed by atoms with van der Waals surface area (Å²) in [4.78, 5) is 81.4. The number of imide groups is 1. The van der Waals surface area contributed by atoms with E-state index >= 15 is 4.39 Å². The fourth-order valence-electron chi connectivity index (χ4n) is 4.49. The summed E-state index contributed by atoms with van der Waals surface area (Å²) in [5.74, 6) is -8.17. The third-order valence-corrected chi connectivity index (χ3v) is 6.79. The zero-order valence-corrected chi connectivity index (χ0v) is 23.5. The number of nitrogens with zero attached hydrogens (tertiary/aromatic N) is 3. The molecule has 0 bridgehead atoms. The van der Waals surface area contributed by atoms with Crippen LogP contribution in [-0.4, -0.2) is 78.5 Å². The number of aliphatic carboxylic acids is 3. The Hall–Kier alpha value is -5.38. The standard InChI is InChI=1S/C28H31FN6O9/c1-2-34(13-14-3-7-20-17(11-14)24(39)33-28(31)32-20)15-4-5-16(18(29)12-15)25(40)35(21(27(43)44)8-10-23(37)38)22(36)9-6-19(30)26(41)42/h3-5,7,11-12,19,21H,2,6,8-10,13,30H2,1H3,(H,37,38)(H,41,42)(H,43,44)(H3,31,32,33,39)/t19-,21+/m0/s1. The zero-order chi connectivity index (χ0) is 32.7. The molecule has 0 spiro atoms. The van der Waals surface area contributed by atoms with E-state index in [-0.39, 0.29) is 17.4 Å². The third kappa shape index (κ3) is 7.91. The SMILES string of the molecule is CCN(Cc1ccc2nc(N)[nH]c(=O)c2c1)c1ccc(C(=O)N(C(=O)CC[C@H](N)C(=O)O)[C@H](CCC(=O)O)C(=O)O)c(F)c1. The number of hydrogen-bond donors (Lipinski definition) is 6. The lowest BCUT2D eigenvalue weighted by Crippen LogP contribution is -2.49. The number of nitrogens with two attached hydrogens (primary N) is 2. The number of fused-ring (bicyclic) bond motifs is 1. The second kappa shape index (κ2) is 14.2. The van der Waals surface area contributed by atoms with Gasteiger partial charge in [0.2, 0.25) is 11.9 Å². The predicted molar refractivity (Wildman–Crippen MR) is 154 cm³/mol. The van der Waals surface area contributed by atoms with E-state index in [9.17, 15) is 33.9 Å². The highest BCUT2D eigenvalue weighted by molar-refractivity contribution is 6.07. The summed E-state index contributed by atoms with van der Waals surface area (Å²) in [7, 11) is 0. The minimum absolute atomic E-state index is 0.0313. The van der Waals surface area contributed by atoms with Gasteiger partial charge < -0.3 is 31.7 Å². The Labute approximate surface area is 248 Å². The molecule has 0 saturated heterocycles. The number of carboxylic acid groups (broad SMARTS) is 3. The molecule has 3 aromatic rings. The Morgan fingerprint density at radius 1 is 1.00 bits per heavy atom. The first-order chi connectivity index (χ1) is 20.7. The van der Waals surface area contributed by atoms with Crippen LogP contribution in [0, 0.1) is 5.82 Å². The number of aromatic amines is 1. The molecule has 0 saturated carbocycles. The molecule has 0 radical (unpaired) electrons. The average Bonchev–Trinajstić information content (AvgIpc) is 2.95. The lowest BCUT2D eigenvalue weighted by molar-refractivity contribution is -0.149. The number of anilines is 2. The molecule has 2 amide bonds. The molecule has 1 aromatic heterocycles. The summed E-state index contributed by atoms with van der Waals surface area (Å²) in [6, 6.07) is 4.93. The van der Waals surface area contributed by atoms with Crippen LogP contribution in [0.1, 0.15) is 48.5 Å². The van der Waals surface area contributed by atoms with Crippen molar-refractivity contribution in [1.82, 2.24) is 14.9 Å². The Bertz CT molecular complexity index is 1660. The van der Waals surface area contributed by atoms with Crippen molar-refractivity contribution in [2.45, 2.75) is 51.2 Å². The first-order valence-corrected chi connectivity index (χ1v) is 13.4. The van der Waals surface area contributed by atoms with Crippen LogP contribution in [0.5, 0.6) is 0 Å². The number of carboxylic acids is 3. The molecule has 0 aliphatic rings. The van der Waals surface area contributed by atoms with E-state index in [4.69, 9.17) is 21.7 Å². The summed E-state index contributed by atoms with van der Waals surface area (Å²) in [5, 5.41) is 28.1. The van der Waals surface area contributed by atoms with Gasteiger partial charge in [-0.3, -0.25) is 33.9 Å². The first-order valence-electron chi connectivity index (χ1n) is 13.4. The van der Waals surface area contributed by atoms with Crippen LogP contribution >= 0.6 is 0 Å². The quantitative estimate of drug-likeness (QED) is 0.149. The molecule has 2 aromatic carbocycles. The molecular formula is C28H31FN6O9. The Morgan fingerprint density at radius 2 is 1.70 bits per heavy atom. The molecule has 16 heteroatoms. The Kier molecular flexibility index (Phi) is 10.7. The van der Waals surface area contributed by atoms with Crippen molar-refractivity contribution < 1.29 is 43.7 Å². The monoisotopic (exact) mass is 614 g/mol. The summed E-state index contributed by atoms with van der Waals surface area (Å²) in [6.07, 6.45) is -2.52. The Balaban J connectivity index is 1.93. The van der Waals surface area contributed by atoms with Crippen LogP contribution in [0.3, 0.4) is 0 Å². The highest BCUT2D eigenvalue weighted by atomic mass is 19.1. The summed E-state index contributed by atoms with van der Waals surface area (Å²) < 4.78 is 15.5. The molecule has 0 aliphatic heterocycles. The largest absolute Gasteiger partial charge is 0.481 e. The van der Waals surface area contributed by atoms with Gasteiger partial charge in [0, 0.05) is 31.6 Å². The van der Waals surface area contributed by atoms with E-state index in [1.54, 1.807) is 30.0 Å². The van der Waals surface area contributed by atoms with Crippen molar-refractivity contribution in [1.29, 1.82) is 0 Å². The number of carbonyl (C=O) groups is 5. The molecule has 2 atom stereocenters. The highest BCUT2D eigenvalue weighted by Crippen LogP contribution is 2.24. The number of aromatic nitrogens is 2. The van der Waals surface area contributed by atoms with Gasteiger partial charge in [-0.05, 0) is 55.7 Å². The van der Waals surface area contributed by atoms with E-state index in [2.05, 4.69) is 9.97 Å². The van der Waals surface area contributed by atoms with E-state index in [0.717, 1.165) is 12.1 Å². The van der Waals surface area contributed by atoms with Crippen molar-refractivity contribution in [2.24, 2.45) is 5.73 Å². The summed E-state index contributed by atoms with van der Waals surface area (Å²) in [6.45, 7) is 2.37. The first kappa shape index (κ1) is 33.1. The molecule has 8 N–H and O–H groups in total. The van der Waals surface area contributed by atoms with Crippen molar-refractivity contribution in [3.05, 3.63) is 63.7 Å². The van der Waals surface area contributed by atoms with Crippen LogP contribution in [-0.2, 0) is 25.7 Å². The minimum Gasteiger partial charge on any atom is -0.481 e. The minimum atomic E-state index is -1.97. The van der Waals surface area contributed by atoms with Crippen LogP contribution in [0.15, 0.2) is 41.2 Å². The highest BCUT2D eigenvalue weighted by Gasteiger charge is 2.37. The van der Waals surface area contributed by atoms with Crippen LogP contribution in [0.2, 0.25) is 0 Å². The zero-order valence-electron chi connectivity index (χ0n) is 23.5. The van der Waals surface area contributed by atoms with Gasteiger partial charge >= 0.3 is 17.9 Å². The molecule has 0 unspecified atom stereocenters. The van der Waals surface area contributed by atoms with Crippen LogP contribution in [0.25, 0.3) is 10.9 Å². The fraction of sp³-hybridized carbons (Fsp3) is 0.321. The molecule has 0 aliphatic carbocycles. The van der Waals surface area contributed by atoms with Gasteiger partial charge in [0.1, 0.15) is 17.9 Å². The molecule has 234 valence electrons. The van der Waals surface area contributed by atoms with Gasteiger partial charge in [0.15, 0.2) is 0 Å². The van der Waals surface area contributed by atoms with E-state index in [1.165, 1.54) is 6.07 Å². The maximum Gasteiger partial charge on any atom is 0.326 e. The molecular weight excluding hydrogens is 583 g/mol. The molecule has 3 rings (SSSR count). The topological polar surface area (TPSA) is 250 Å². The van der Waals surface area contributed by atoms with E-state index in [0.29, 0.717) is 28.7 Å². The molecule has 15 nitrogen and oxygen atoms in total. The molecule has 1 heterocycles. The van der Waals surface area contributed by atoms with E-state index in [1.807, 2.05) is 0 Å². The van der Waals surface area contributed by atoms with Gasteiger partial charge in [0.05, 0.1) is 16.5 Å². The number of nitrogen functional groups attached to an aromatic ring is 1.